The van der Waals surface area contributed by atoms with Crippen LogP contribution in [-0.4, -0.2) is 26.9 Å². The molecular weight excluding hydrogens is 272 g/mol. The van der Waals surface area contributed by atoms with Gasteiger partial charge in [0.2, 0.25) is 0 Å². The summed E-state index contributed by atoms with van der Waals surface area (Å²) in [6, 6.07) is 3.29. The summed E-state index contributed by atoms with van der Waals surface area (Å²) >= 11 is 2.74. The lowest BCUT2D eigenvalue weighted by atomic mass is 10.3. The molecule has 1 aromatic carbocycles. The number of hydrogen-bond donors (Lipinski definition) is 1. The highest BCUT2D eigenvalue weighted by Gasteiger charge is 2.19. The number of nitrogens with zero attached hydrogens (tertiary/aromatic N) is 2. The van der Waals surface area contributed by atoms with Gasteiger partial charge in [0.1, 0.15) is 0 Å². The molecule has 0 spiro atoms. The summed E-state index contributed by atoms with van der Waals surface area (Å²) in [5.74, 6) is 0. The van der Waals surface area contributed by atoms with E-state index < -0.39 is 0 Å². The first-order chi connectivity index (χ1) is 8.51. The Labute approximate surface area is 112 Å². The van der Waals surface area contributed by atoms with E-state index in [1.54, 1.807) is 12.1 Å². The topological polar surface area (TPSA) is 76.3 Å². The van der Waals surface area contributed by atoms with Gasteiger partial charge in [-0.15, -0.1) is 23.1 Å². The molecule has 1 N–H and O–H groups in total. The maximum absolute atomic E-state index is 11.1. The van der Waals surface area contributed by atoms with Gasteiger partial charge in [0.05, 0.1) is 31.6 Å². The van der Waals surface area contributed by atoms with Gasteiger partial charge in [-0.3, -0.25) is 10.1 Å². The predicted octanol–water partition coefficient (Wildman–Crippen LogP) is 2.99. The minimum absolute atomic E-state index is 0.0179. The second-order valence-electron chi connectivity index (χ2n) is 3.89. The molecule has 1 aromatic heterocycles. The van der Waals surface area contributed by atoms with Crippen LogP contribution in [0, 0.1) is 17.0 Å². The van der Waals surface area contributed by atoms with E-state index in [2.05, 4.69) is 4.98 Å². The van der Waals surface area contributed by atoms with Crippen molar-refractivity contribution in [1.82, 2.24) is 4.98 Å². The van der Waals surface area contributed by atoms with Crippen molar-refractivity contribution in [3.63, 3.8) is 0 Å². The van der Waals surface area contributed by atoms with Gasteiger partial charge in [0, 0.05) is 11.3 Å². The van der Waals surface area contributed by atoms with Gasteiger partial charge in [0.15, 0.2) is 0 Å². The molecule has 0 aliphatic heterocycles. The molecule has 0 saturated heterocycles. The monoisotopic (exact) mass is 284 g/mol. The van der Waals surface area contributed by atoms with Crippen molar-refractivity contribution in [2.75, 3.05) is 6.61 Å². The molecule has 0 aliphatic carbocycles. The molecule has 0 saturated carbocycles. The third-order valence-corrected chi connectivity index (χ3v) is 4.42. The first-order valence-corrected chi connectivity index (χ1v) is 7.04. The molecule has 2 rings (SSSR count). The number of benzene rings is 1. The van der Waals surface area contributed by atoms with Crippen molar-refractivity contribution in [1.29, 1.82) is 0 Å². The Bertz CT molecular complexity index is 597. The van der Waals surface area contributed by atoms with Crippen LogP contribution >= 0.6 is 23.1 Å². The summed E-state index contributed by atoms with van der Waals surface area (Å²) in [4.78, 5) is 15.6. The van der Waals surface area contributed by atoms with E-state index in [1.807, 2.05) is 13.8 Å². The average Bonchev–Trinajstić information content (AvgIpc) is 2.66. The highest BCUT2D eigenvalue weighted by molar-refractivity contribution is 8.00. The molecule has 7 heteroatoms. The molecule has 5 nitrogen and oxygen atoms in total. The molecule has 1 heterocycles. The van der Waals surface area contributed by atoms with Gasteiger partial charge < -0.3 is 5.11 Å². The summed E-state index contributed by atoms with van der Waals surface area (Å²) in [7, 11) is 0. The number of thioether (sulfide) groups is 1. The number of thiazole rings is 1. The van der Waals surface area contributed by atoms with E-state index in [1.165, 1.54) is 23.1 Å². The van der Waals surface area contributed by atoms with Crippen LogP contribution in [0.5, 0.6) is 0 Å². The average molecular weight is 284 g/mol. The number of aryl methyl sites for hydroxylation is 1. The van der Waals surface area contributed by atoms with Crippen LogP contribution in [0.25, 0.3) is 10.2 Å². The molecular formula is C11H12N2O3S2. The Kier molecular flexibility index (Phi) is 3.84. The van der Waals surface area contributed by atoms with Gasteiger partial charge in [-0.05, 0) is 13.0 Å². The molecule has 1 unspecified atom stereocenters. The van der Waals surface area contributed by atoms with E-state index in [0.29, 0.717) is 4.90 Å². The van der Waals surface area contributed by atoms with Crippen LogP contribution in [0.2, 0.25) is 0 Å². The van der Waals surface area contributed by atoms with E-state index >= 15 is 0 Å². The largest absolute Gasteiger partial charge is 0.395 e. The van der Waals surface area contributed by atoms with Gasteiger partial charge in [-0.1, -0.05) is 6.92 Å². The van der Waals surface area contributed by atoms with Crippen LogP contribution in [0.1, 0.15) is 11.9 Å². The Morgan fingerprint density at radius 3 is 2.94 bits per heavy atom. The second-order valence-corrected chi connectivity index (χ2v) is 6.60. The van der Waals surface area contributed by atoms with E-state index in [0.717, 1.165) is 15.2 Å². The molecule has 1 atom stereocenters. The fourth-order valence-corrected chi connectivity index (χ4v) is 3.33. The summed E-state index contributed by atoms with van der Waals surface area (Å²) in [6.45, 7) is 3.68. The first-order valence-electron chi connectivity index (χ1n) is 5.34. The Balaban J connectivity index is 2.53. The van der Waals surface area contributed by atoms with Gasteiger partial charge >= 0.3 is 0 Å². The number of hydrogen-bond acceptors (Lipinski definition) is 6. The quantitative estimate of drug-likeness (QED) is 0.530. The number of aliphatic hydroxyl groups excluding tert-OH is 1. The molecule has 2 aromatic rings. The van der Waals surface area contributed by atoms with Crippen molar-refractivity contribution in [3.8, 4) is 0 Å². The number of nitro benzene ring substituents is 1. The van der Waals surface area contributed by atoms with E-state index in [-0.39, 0.29) is 22.5 Å². The summed E-state index contributed by atoms with van der Waals surface area (Å²) < 4.78 is 0.820. The summed E-state index contributed by atoms with van der Waals surface area (Å²) in [6.07, 6.45) is 0. The fourth-order valence-electron chi connectivity index (χ4n) is 1.55. The maximum atomic E-state index is 11.1. The minimum Gasteiger partial charge on any atom is -0.395 e. The second kappa shape index (κ2) is 5.21. The molecule has 18 heavy (non-hydrogen) atoms. The predicted molar refractivity (Wildman–Crippen MR) is 73.4 cm³/mol. The van der Waals surface area contributed by atoms with Crippen LogP contribution < -0.4 is 0 Å². The standard InChI is InChI=1S/C11H12N2O3S2/c1-6(5-14)17-11-3-8-10(18-7(2)12-8)4-9(11)13(15)16/h3-4,6,14H,5H2,1-2H3. The van der Waals surface area contributed by atoms with Gasteiger partial charge in [0.25, 0.3) is 5.69 Å². The lowest BCUT2D eigenvalue weighted by Crippen LogP contribution is -2.02. The van der Waals surface area contributed by atoms with Gasteiger partial charge in [-0.2, -0.15) is 0 Å². The normalized spacial score (nSPS) is 12.8. The molecule has 96 valence electrons. The SMILES string of the molecule is Cc1nc2cc(SC(C)CO)c([N+](=O)[O-])cc2s1. The molecule has 0 amide bonds. The number of rotatable bonds is 4. The van der Waals surface area contributed by atoms with Crippen molar-refractivity contribution in [3.05, 3.63) is 27.3 Å². The zero-order valence-corrected chi connectivity index (χ0v) is 11.5. The lowest BCUT2D eigenvalue weighted by molar-refractivity contribution is -0.387. The Morgan fingerprint density at radius 1 is 1.61 bits per heavy atom. The van der Waals surface area contributed by atoms with Crippen LogP contribution in [0.15, 0.2) is 17.0 Å². The molecule has 0 aliphatic rings. The van der Waals surface area contributed by atoms with Crippen molar-refractivity contribution >= 4 is 39.0 Å². The zero-order valence-electron chi connectivity index (χ0n) is 9.91. The summed E-state index contributed by atoms with van der Waals surface area (Å²) in [5, 5.41) is 20.9. The van der Waals surface area contributed by atoms with E-state index in [9.17, 15) is 10.1 Å². The Morgan fingerprint density at radius 2 is 2.33 bits per heavy atom. The third-order valence-electron chi connectivity index (χ3n) is 2.36. The molecule has 0 fully saturated rings. The molecule has 0 radical (unpaired) electrons. The number of fused-ring (bicyclic) bond motifs is 1. The smallest absolute Gasteiger partial charge is 0.284 e. The fraction of sp³-hybridized carbons (Fsp3) is 0.364. The van der Waals surface area contributed by atoms with Crippen LogP contribution in [0.4, 0.5) is 5.69 Å². The molecule has 0 bridgehead atoms. The van der Waals surface area contributed by atoms with Crippen molar-refractivity contribution in [2.45, 2.75) is 24.0 Å². The lowest BCUT2D eigenvalue weighted by Gasteiger charge is -2.07. The van der Waals surface area contributed by atoms with Crippen molar-refractivity contribution in [2.24, 2.45) is 0 Å². The Hall–Kier alpha value is -1.18. The van der Waals surface area contributed by atoms with Crippen LogP contribution in [0.3, 0.4) is 0 Å². The van der Waals surface area contributed by atoms with Crippen LogP contribution in [-0.2, 0) is 0 Å². The first kappa shape index (κ1) is 13.3. The third kappa shape index (κ3) is 2.63. The highest BCUT2D eigenvalue weighted by atomic mass is 32.2. The zero-order chi connectivity index (χ0) is 13.3. The van der Waals surface area contributed by atoms with Crippen molar-refractivity contribution < 1.29 is 10.0 Å². The highest BCUT2D eigenvalue weighted by Crippen LogP contribution is 2.37. The number of nitro groups is 1. The summed E-state index contributed by atoms with van der Waals surface area (Å²) in [5.41, 5.74) is 0.854. The number of aromatic nitrogens is 1. The minimum atomic E-state index is -0.388. The van der Waals surface area contributed by atoms with Gasteiger partial charge in [-0.25, -0.2) is 4.98 Å². The maximum Gasteiger partial charge on any atom is 0.284 e. The van der Waals surface area contributed by atoms with E-state index in [4.69, 9.17) is 5.11 Å². The number of aliphatic hydroxyl groups is 1.